The zero-order chi connectivity index (χ0) is 24.2. The molecule has 1 fully saturated rings. The van der Waals surface area contributed by atoms with Crippen LogP contribution in [0.1, 0.15) is 57.5 Å². The van der Waals surface area contributed by atoms with Gasteiger partial charge in [-0.05, 0) is 66.3 Å². The summed E-state index contributed by atoms with van der Waals surface area (Å²) in [4.78, 5) is 23.8. The number of halogens is 2. The second kappa shape index (κ2) is 10.2. The van der Waals surface area contributed by atoms with Gasteiger partial charge in [-0.3, -0.25) is 9.78 Å². The summed E-state index contributed by atoms with van der Waals surface area (Å²) in [5, 5.41) is 0. The Morgan fingerprint density at radius 1 is 0.943 bits per heavy atom. The zero-order valence-corrected chi connectivity index (χ0v) is 19.2. The van der Waals surface area contributed by atoms with Crippen LogP contribution in [0.15, 0.2) is 77.6 Å². The molecule has 1 aliphatic rings. The van der Waals surface area contributed by atoms with Crippen molar-refractivity contribution >= 4 is 5.91 Å². The number of nitrogens with zero attached hydrogens (tertiary/aromatic N) is 3. The van der Waals surface area contributed by atoms with Crippen molar-refractivity contribution in [3.63, 3.8) is 0 Å². The third-order valence-corrected chi connectivity index (χ3v) is 6.26. The zero-order valence-electron chi connectivity index (χ0n) is 19.2. The van der Waals surface area contributed by atoms with Gasteiger partial charge >= 0.3 is 0 Å². The van der Waals surface area contributed by atoms with E-state index in [-0.39, 0.29) is 23.5 Å². The smallest absolute Gasteiger partial charge is 0.255 e. The fourth-order valence-corrected chi connectivity index (χ4v) is 4.53. The molecule has 3 heterocycles. The topological polar surface area (TPSA) is 59.2 Å². The summed E-state index contributed by atoms with van der Waals surface area (Å²) < 4.78 is 32.7. The summed E-state index contributed by atoms with van der Waals surface area (Å²) in [6, 6.07) is 14.6. The Hall–Kier alpha value is -3.87. The van der Waals surface area contributed by atoms with E-state index >= 15 is 0 Å². The predicted octanol–water partition coefficient (Wildman–Crippen LogP) is 5.55. The van der Waals surface area contributed by atoms with Gasteiger partial charge in [0.1, 0.15) is 17.4 Å². The molecule has 1 atom stereocenters. The number of piperidine rings is 1. The molecule has 7 heteroatoms. The van der Waals surface area contributed by atoms with Crippen molar-refractivity contribution in [2.24, 2.45) is 0 Å². The average molecular weight is 474 g/mol. The van der Waals surface area contributed by atoms with Crippen molar-refractivity contribution in [1.82, 2.24) is 14.9 Å². The number of amides is 1. The molecular formula is C28H25F2N3O2. The van der Waals surface area contributed by atoms with E-state index in [0.717, 1.165) is 29.5 Å². The standard InChI is InChI=1S/C28H25F2N3O2/c29-24-8-6-19(7-9-24)14-26-17-32-27(35-26)22-4-2-10-33(18-22)28(34)23-12-21(15-31-16-23)11-20-3-1-5-25(30)13-20/h1,3,5-9,12-13,15-17,22H,2,4,10-11,14,18H2. The van der Waals surface area contributed by atoms with E-state index in [9.17, 15) is 13.6 Å². The van der Waals surface area contributed by atoms with Gasteiger partial charge in [0.25, 0.3) is 5.91 Å². The van der Waals surface area contributed by atoms with E-state index in [0.29, 0.717) is 43.1 Å². The van der Waals surface area contributed by atoms with E-state index in [1.165, 1.54) is 24.3 Å². The minimum atomic E-state index is -0.283. The number of carbonyl (C=O) groups is 1. The Labute approximate surface area is 202 Å². The van der Waals surface area contributed by atoms with E-state index in [2.05, 4.69) is 9.97 Å². The Morgan fingerprint density at radius 2 is 1.80 bits per heavy atom. The Morgan fingerprint density at radius 3 is 2.63 bits per heavy atom. The van der Waals surface area contributed by atoms with E-state index in [1.807, 2.05) is 17.0 Å². The normalized spacial score (nSPS) is 15.8. The lowest BCUT2D eigenvalue weighted by Gasteiger charge is -2.31. The highest BCUT2D eigenvalue weighted by Crippen LogP contribution is 2.28. The maximum Gasteiger partial charge on any atom is 0.255 e. The summed E-state index contributed by atoms with van der Waals surface area (Å²) >= 11 is 0. The molecule has 2 aromatic carbocycles. The summed E-state index contributed by atoms with van der Waals surface area (Å²) in [6.07, 6.45) is 7.76. The Kier molecular flexibility index (Phi) is 6.66. The molecule has 1 aliphatic heterocycles. The Bertz CT molecular complexity index is 1320. The quantitative estimate of drug-likeness (QED) is 0.369. The molecule has 0 N–H and O–H groups in total. The molecule has 0 saturated carbocycles. The van der Waals surface area contributed by atoms with Gasteiger partial charge in [-0.1, -0.05) is 24.3 Å². The van der Waals surface area contributed by atoms with Gasteiger partial charge in [0.2, 0.25) is 0 Å². The van der Waals surface area contributed by atoms with Crippen LogP contribution in [0, 0.1) is 11.6 Å². The molecule has 2 aromatic heterocycles. The van der Waals surface area contributed by atoms with Crippen molar-refractivity contribution < 1.29 is 18.0 Å². The lowest BCUT2D eigenvalue weighted by Crippen LogP contribution is -2.39. The number of aromatic nitrogens is 2. The summed E-state index contributed by atoms with van der Waals surface area (Å²) in [5.41, 5.74) is 3.15. The highest BCUT2D eigenvalue weighted by Gasteiger charge is 2.28. The second-order valence-corrected chi connectivity index (χ2v) is 8.95. The number of oxazole rings is 1. The molecule has 1 amide bonds. The first-order valence-electron chi connectivity index (χ1n) is 11.7. The molecule has 178 valence electrons. The molecule has 35 heavy (non-hydrogen) atoms. The molecule has 0 bridgehead atoms. The van der Waals surface area contributed by atoms with Crippen LogP contribution in [-0.2, 0) is 12.8 Å². The van der Waals surface area contributed by atoms with Crippen molar-refractivity contribution in [3.8, 4) is 0 Å². The number of rotatable bonds is 6. The van der Waals surface area contributed by atoms with Crippen LogP contribution >= 0.6 is 0 Å². The number of hydrogen-bond acceptors (Lipinski definition) is 4. The van der Waals surface area contributed by atoms with Crippen LogP contribution in [0.2, 0.25) is 0 Å². The molecular weight excluding hydrogens is 448 g/mol. The predicted molar refractivity (Wildman–Crippen MR) is 127 cm³/mol. The van der Waals surface area contributed by atoms with E-state index in [4.69, 9.17) is 4.42 Å². The average Bonchev–Trinajstić information content (AvgIpc) is 3.34. The molecule has 4 aromatic rings. The van der Waals surface area contributed by atoms with Gasteiger partial charge in [0.15, 0.2) is 5.89 Å². The van der Waals surface area contributed by atoms with Crippen molar-refractivity contribution in [2.75, 3.05) is 13.1 Å². The van der Waals surface area contributed by atoms with Crippen LogP contribution in [0.25, 0.3) is 0 Å². The van der Waals surface area contributed by atoms with Gasteiger partial charge in [-0.15, -0.1) is 0 Å². The number of pyridine rings is 1. The number of carbonyl (C=O) groups excluding carboxylic acids is 1. The molecule has 1 unspecified atom stereocenters. The third-order valence-electron chi connectivity index (χ3n) is 6.26. The van der Waals surface area contributed by atoms with Crippen molar-refractivity contribution in [3.05, 3.63) is 119 Å². The number of benzene rings is 2. The monoisotopic (exact) mass is 473 g/mol. The van der Waals surface area contributed by atoms with Crippen LogP contribution in [-0.4, -0.2) is 33.9 Å². The minimum absolute atomic E-state index is 0.0121. The number of likely N-dealkylation sites (tertiary alicyclic amines) is 1. The molecule has 5 nitrogen and oxygen atoms in total. The van der Waals surface area contributed by atoms with Crippen LogP contribution < -0.4 is 0 Å². The van der Waals surface area contributed by atoms with Gasteiger partial charge in [0.05, 0.1) is 17.7 Å². The first kappa shape index (κ1) is 22.9. The van der Waals surface area contributed by atoms with Gasteiger partial charge < -0.3 is 9.32 Å². The summed E-state index contributed by atoms with van der Waals surface area (Å²) in [6.45, 7) is 1.18. The SMILES string of the molecule is O=C(c1cncc(Cc2cccc(F)c2)c1)N1CCCC(c2ncc(Cc3ccc(F)cc3)o2)C1. The molecule has 5 rings (SSSR count). The molecule has 1 saturated heterocycles. The highest BCUT2D eigenvalue weighted by atomic mass is 19.1. The van der Waals surface area contributed by atoms with E-state index < -0.39 is 0 Å². The first-order chi connectivity index (χ1) is 17.0. The fourth-order valence-electron chi connectivity index (χ4n) is 4.53. The lowest BCUT2D eigenvalue weighted by atomic mass is 9.97. The van der Waals surface area contributed by atoms with Crippen LogP contribution in [0.3, 0.4) is 0 Å². The summed E-state index contributed by atoms with van der Waals surface area (Å²) in [7, 11) is 0. The molecule has 0 radical (unpaired) electrons. The fraction of sp³-hybridized carbons (Fsp3) is 0.250. The largest absolute Gasteiger partial charge is 0.445 e. The van der Waals surface area contributed by atoms with Crippen LogP contribution in [0.5, 0.6) is 0 Å². The van der Waals surface area contributed by atoms with Gasteiger partial charge in [0, 0.05) is 31.9 Å². The van der Waals surface area contributed by atoms with E-state index in [1.54, 1.807) is 36.8 Å². The van der Waals surface area contributed by atoms with Gasteiger partial charge in [-0.25, -0.2) is 13.8 Å². The lowest BCUT2D eigenvalue weighted by molar-refractivity contribution is 0.0697. The highest BCUT2D eigenvalue weighted by molar-refractivity contribution is 5.94. The van der Waals surface area contributed by atoms with Crippen molar-refractivity contribution in [1.29, 1.82) is 0 Å². The number of hydrogen-bond donors (Lipinski definition) is 0. The maximum absolute atomic E-state index is 13.5. The Balaban J connectivity index is 1.25. The maximum atomic E-state index is 13.5. The van der Waals surface area contributed by atoms with Crippen LogP contribution in [0.4, 0.5) is 8.78 Å². The van der Waals surface area contributed by atoms with Gasteiger partial charge in [-0.2, -0.15) is 0 Å². The minimum Gasteiger partial charge on any atom is -0.445 e. The first-order valence-corrected chi connectivity index (χ1v) is 11.7. The molecule has 0 aliphatic carbocycles. The molecule has 0 spiro atoms. The third kappa shape index (κ3) is 5.62. The second-order valence-electron chi connectivity index (χ2n) is 8.95. The van der Waals surface area contributed by atoms with Crippen molar-refractivity contribution in [2.45, 2.75) is 31.6 Å². The summed E-state index contributed by atoms with van der Waals surface area (Å²) in [5.74, 6) is 0.712.